The topological polar surface area (TPSA) is 71.2 Å². The molecule has 1 unspecified atom stereocenters. The summed E-state index contributed by atoms with van der Waals surface area (Å²) in [5.41, 5.74) is 4.60. The normalized spacial score (nSPS) is 14.6. The molecular weight excluding hydrogens is 435 g/mol. The molecule has 1 aliphatic rings. The van der Waals surface area contributed by atoms with Gasteiger partial charge in [-0.3, -0.25) is 9.88 Å². The minimum atomic E-state index is -1.03. The molecule has 1 aromatic carbocycles. The summed E-state index contributed by atoms with van der Waals surface area (Å²) < 4.78 is 1.90. The van der Waals surface area contributed by atoms with E-state index >= 15 is 0 Å². The number of carboxylic acid groups (broad SMARTS) is 1. The lowest BCUT2D eigenvalue weighted by atomic mass is 9.83. The fourth-order valence-corrected chi connectivity index (χ4v) is 5.00. The van der Waals surface area contributed by atoms with E-state index in [0.29, 0.717) is 10.7 Å². The minimum absolute atomic E-state index is 0.0696. The van der Waals surface area contributed by atoms with Gasteiger partial charge in [-0.1, -0.05) is 17.7 Å². The van der Waals surface area contributed by atoms with Gasteiger partial charge in [-0.2, -0.15) is 5.10 Å². The van der Waals surface area contributed by atoms with Crippen molar-refractivity contribution in [3.05, 3.63) is 64.7 Å². The minimum Gasteiger partial charge on any atom is -0.465 e. The molecule has 2 aromatic heterocycles. The maximum Gasteiger partial charge on any atom is 0.408 e. The largest absolute Gasteiger partial charge is 0.465 e. The molecule has 0 saturated carbocycles. The van der Waals surface area contributed by atoms with Gasteiger partial charge in [-0.25, -0.2) is 9.48 Å². The van der Waals surface area contributed by atoms with Gasteiger partial charge in [-0.15, -0.1) is 11.6 Å². The lowest BCUT2D eigenvalue weighted by molar-refractivity contribution is 0.0704. The van der Waals surface area contributed by atoms with E-state index in [9.17, 15) is 9.90 Å². The Morgan fingerprint density at radius 1 is 1.26 bits per heavy atom. The molecule has 3 aromatic rings. The third-order valence-corrected chi connectivity index (χ3v) is 6.64. The summed E-state index contributed by atoms with van der Waals surface area (Å²) in [4.78, 5) is 17.8. The highest BCUT2D eigenvalue weighted by Gasteiger charge is 2.44. The van der Waals surface area contributed by atoms with Gasteiger partial charge in [0.15, 0.2) is 0 Å². The number of hydrogen-bond acceptors (Lipinski definition) is 3. The summed E-state index contributed by atoms with van der Waals surface area (Å²) in [5.74, 6) is 0.0696. The smallest absolute Gasteiger partial charge is 0.408 e. The Balaban J connectivity index is 2.04. The van der Waals surface area contributed by atoms with Crippen LogP contribution in [0.3, 0.4) is 0 Å². The summed E-state index contributed by atoms with van der Waals surface area (Å²) in [5, 5.41) is 15.7. The maximum absolute atomic E-state index is 12.3. The molecule has 0 bridgehead atoms. The third-order valence-electron chi connectivity index (χ3n) is 5.88. The molecule has 1 atom stereocenters. The Hall–Kier alpha value is -2.57. The second kappa shape index (κ2) is 8.17. The first-order valence-corrected chi connectivity index (χ1v) is 11.1. The highest BCUT2D eigenvalue weighted by Crippen LogP contribution is 2.44. The van der Waals surface area contributed by atoms with Gasteiger partial charge in [0.2, 0.25) is 0 Å². The lowest BCUT2D eigenvalue weighted by Gasteiger charge is -2.40. The number of nitrogens with zero attached hydrogens (tertiary/aromatic N) is 4. The average Bonchev–Trinajstić information content (AvgIpc) is 3.14. The zero-order chi connectivity index (χ0) is 22.3. The van der Waals surface area contributed by atoms with Gasteiger partial charge in [0, 0.05) is 29.0 Å². The number of fused-ring (bicyclic) bond motifs is 3. The van der Waals surface area contributed by atoms with Gasteiger partial charge in [0.25, 0.3) is 0 Å². The zero-order valence-corrected chi connectivity index (χ0v) is 19.2. The number of pyridine rings is 1. The summed E-state index contributed by atoms with van der Waals surface area (Å²) in [6.07, 6.45) is 3.99. The molecule has 1 amide bonds. The molecule has 0 fully saturated rings. The molecule has 0 spiro atoms. The summed E-state index contributed by atoms with van der Waals surface area (Å²) in [6, 6.07) is 9.33. The van der Waals surface area contributed by atoms with Crippen LogP contribution >= 0.6 is 23.2 Å². The number of halogens is 2. The summed E-state index contributed by atoms with van der Waals surface area (Å²) >= 11 is 12.8. The van der Waals surface area contributed by atoms with E-state index in [2.05, 4.69) is 4.98 Å². The van der Waals surface area contributed by atoms with Crippen molar-refractivity contribution >= 4 is 29.3 Å². The van der Waals surface area contributed by atoms with E-state index in [4.69, 9.17) is 28.3 Å². The van der Waals surface area contributed by atoms with Crippen molar-refractivity contribution in [1.29, 1.82) is 0 Å². The van der Waals surface area contributed by atoms with Crippen LogP contribution in [0.5, 0.6) is 0 Å². The second-order valence-electron chi connectivity index (χ2n) is 8.24. The van der Waals surface area contributed by atoms with Gasteiger partial charge < -0.3 is 5.11 Å². The summed E-state index contributed by atoms with van der Waals surface area (Å²) in [7, 11) is 0. The molecule has 0 radical (unpaired) electrons. The predicted molar refractivity (Wildman–Crippen MR) is 122 cm³/mol. The Bertz CT molecular complexity index is 1130. The molecule has 31 heavy (non-hydrogen) atoms. The van der Waals surface area contributed by atoms with Crippen molar-refractivity contribution in [3.63, 3.8) is 0 Å². The number of benzene rings is 1. The second-order valence-corrected chi connectivity index (χ2v) is 8.95. The van der Waals surface area contributed by atoms with E-state index in [1.807, 2.05) is 55.8 Å². The van der Waals surface area contributed by atoms with E-state index < -0.39 is 11.6 Å². The molecule has 0 aliphatic heterocycles. The van der Waals surface area contributed by atoms with Crippen molar-refractivity contribution < 1.29 is 9.90 Å². The van der Waals surface area contributed by atoms with Crippen LogP contribution in [0, 0.1) is 0 Å². The maximum atomic E-state index is 12.3. The number of alkyl halides is 1. The number of hydrogen-bond donors (Lipinski definition) is 1. The third kappa shape index (κ3) is 3.58. The zero-order valence-electron chi connectivity index (χ0n) is 17.6. The van der Waals surface area contributed by atoms with E-state index in [-0.39, 0.29) is 11.9 Å². The van der Waals surface area contributed by atoms with Crippen molar-refractivity contribution in [1.82, 2.24) is 19.7 Å². The first kappa shape index (κ1) is 21.7. The fourth-order valence-electron chi connectivity index (χ4n) is 4.55. The van der Waals surface area contributed by atoms with Gasteiger partial charge >= 0.3 is 6.09 Å². The standard InChI is InChI=1S/C23H24Cl2N4O2/c1-14(2)28(22(30)31)23(3,13-24)21-20-18-6-5-16(25)12-15(18)4-7-19(20)29(27-21)17-8-10-26-11-9-17/h5-6,8-12,14H,4,7,13H2,1-3H3,(H,30,31). The number of rotatable bonds is 5. The van der Waals surface area contributed by atoms with Crippen LogP contribution in [-0.2, 0) is 18.4 Å². The molecule has 2 heterocycles. The molecule has 6 nitrogen and oxygen atoms in total. The van der Waals surface area contributed by atoms with Crippen LogP contribution in [0.2, 0.25) is 5.02 Å². The number of carbonyl (C=O) groups is 1. The van der Waals surface area contributed by atoms with Crippen molar-refractivity contribution in [3.8, 4) is 16.8 Å². The Kier molecular flexibility index (Phi) is 5.71. The van der Waals surface area contributed by atoms with Crippen LogP contribution in [0.15, 0.2) is 42.7 Å². The monoisotopic (exact) mass is 458 g/mol. The predicted octanol–water partition coefficient (Wildman–Crippen LogP) is 5.53. The molecule has 162 valence electrons. The molecule has 8 heteroatoms. The van der Waals surface area contributed by atoms with Crippen molar-refractivity contribution in [2.75, 3.05) is 5.88 Å². The van der Waals surface area contributed by atoms with Crippen LogP contribution in [0.25, 0.3) is 16.8 Å². The van der Waals surface area contributed by atoms with Crippen molar-refractivity contribution in [2.45, 2.75) is 45.2 Å². The average molecular weight is 459 g/mol. The lowest BCUT2D eigenvalue weighted by Crippen LogP contribution is -2.52. The first-order valence-electron chi connectivity index (χ1n) is 10.2. The molecule has 4 rings (SSSR count). The number of aryl methyl sites for hydroxylation is 1. The Morgan fingerprint density at radius 2 is 1.97 bits per heavy atom. The van der Waals surface area contributed by atoms with Crippen LogP contribution in [0.4, 0.5) is 4.79 Å². The van der Waals surface area contributed by atoms with Gasteiger partial charge in [0.05, 0.1) is 23.0 Å². The number of amides is 1. The van der Waals surface area contributed by atoms with Gasteiger partial charge in [-0.05, 0) is 69.0 Å². The fraction of sp³-hybridized carbons (Fsp3) is 0.348. The Morgan fingerprint density at radius 3 is 2.58 bits per heavy atom. The van der Waals surface area contributed by atoms with E-state index in [1.165, 1.54) is 4.90 Å². The van der Waals surface area contributed by atoms with E-state index in [1.54, 1.807) is 12.4 Å². The number of aromatic nitrogens is 3. The van der Waals surface area contributed by atoms with Crippen LogP contribution in [0.1, 0.15) is 37.7 Å². The summed E-state index contributed by atoms with van der Waals surface area (Å²) in [6.45, 7) is 5.54. The molecule has 0 saturated heterocycles. The van der Waals surface area contributed by atoms with E-state index in [0.717, 1.165) is 40.9 Å². The van der Waals surface area contributed by atoms with Crippen molar-refractivity contribution in [2.24, 2.45) is 0 Å². The highest BCUT2D eigenvalue weighted by molar-refractivity contribution is 6.30. The molecular formula is C23H24Cl2N4O2. The molecule has 1 N–H and O–H groups in total. The van der Waals surface area contributed by atoms with Crippen LogP contribution in [-0.4, -0.2) is 42.8 Å². The Labute approximate surface area is 191 Å². The van der Waals surface area contributed by atoms with Gasteiger partial charge in [0.1, 0.15) is 5.54 Å². The highest BCUT2D eigenvalue weighted by atomic mass is 35.5. The first-order chi connectivity index (χ1) is 14.8. The molecule has 1 aliphatic carbocycles. The quantitative estimate of drug-likeness (QED) is 0.510. The SMILES string of the molecule is CC(C)N(C(=O)O)C(C)(CCl)c1nn(-c2ccncc2)c2c1-c1ccc(Cl)cc1CC2. The van der Waals surface area contributed by atoms with Crippen LogP contribution < -0.4 is 0 Å².